The van der Waals surface area contributed by atoms with Crippen molar-refractivity contribution in [3.8, 4) is 0 Å². The van der Waals surface area contributed by atoms with Gasteiger partial charge in [0.2, 0.25) is 0 Å². The van der Waals surface area contributed by atoms with Crippen LogP contribution >= 0.6 is 0 Å². The molecule has 2 rings (SSSR count). The van der Waals surface area contributed by atoms with Crippen molar-refractivity contribution in [2.24, 2.45) is 5.41 Å². The Morgan fingerprint density at radius 1 is 1.40 bits per heavy atom. The fraction of sp³-hybridized carbons (Fsp3) is 0.615. The second-order valence-corrected chi connectivity index (χ2v) is 5.38. The molecule has 0 spiro atoms. The van der Waals surface area contributed by atoms with Crippen molar-refractivity contribution in [3.05, 3.63) is 22.2 Å². The molecule has 7 nitrogen and oxygen atoms in total. The van der Waals surface area contributed by atoms with E-state index in [2.05, 4.69) is 22.5 Å². The molecule has 1 aliphatic heterocycles. The van der Waals surface area contributed by atoms with Crippen LogP contribution in [0.15, 0.2) is 12.1 Å². The molecule has 2 heterocycles. The van der Waals surface area contributed by atoms with Gasteiger partial charge in [0.1, 0.15) is 11.6 Å². The second kappa shape index (κ2) is 6.04. The summed E-state index contributed by atoms with van der Waals surface area (Å²) in [7, 11) is 1.69. The normalized spacial score (nSPS) is 17.5. The van der Waals surface area contributed by atoms with Gasteiger partial charge in [-0.15, -0.1) is 0 Å². The van der Waals surface area contributed by atoms with E-state index in [-0.39, 0.29) is 11.1 Å². The maximum absolute atomic E-state index is 10.9. The average molecular weight is 280 g/mol. The summed E-state index contributed by atoms with van der Waals surface area (Å²) in [5.41, 5.74) is 0.175. The highest BCUT2D eigenvalue weighted by molar-refractivity contribution is 5.54. The maximum atomic E-state index is 10.9. The molecule has 2 N–H and O–H groups in total. The van der Waals surface area contributed by atoms with Crippen molar-refractivity contribution in [1.82, 2.24) is 4.98 Å². The molecule has 0 amide bonds. The minimum absolute atomic E-state index is 0.0315. The zero-order chi connectivity index (χ0) is 14.6. The van der Waals surface area contributed by atoms with Crippen LogP contribution in [0.1, 0.15) is 19.8 Å². The highest BCUT2D eigenvalue weighted by Crippen LogP contribution is 2.30. The lowest BCUT2D eigenvalue weighted by molar-refractivity contribution is -0.384. The Balaban J connectivity index is 2.08. The van der Waals surface area contributed by atoms with Gasteiger partial charge in [-0.05, 0) is 18.3 Å². The highest BCUT2D eigenvalue weighted by atomic mass is 16.6. The number of hydrogen-bond acceptors (Lipinski definition) is 6. The van der Waals surface area contributed by atoms with Gasteiger partial charge >= 0.3 is 0 Å². The van der Waals surface area contributed by atoms with E-state index in [0.717, 1.165) is 32.6 Å². The van der Waals surface area contributed by atoms with E-state index < -0.39 is 4.92 Å². The maximum Gasteiger partial charge on any atom is 0.276 e. The number of aromatic nitrogens is 1. The Hall–Kier alpha value is -1.89. The number of ether oxygens (including phenoxy) is 1. The summed E-state index contributed by atoms with van der Waals surface area (Å²) in [6, 6.07) is 2.88. The molecule has 1 aliphatic rings. The molecule has 7 heteroatoms. The molecule has 20 heavy (non-hydrogen) atoms. The molecule has 0 aromatic carbocycles. The molecule has 0 radical (unpaired) electrons. The predicted molar refractivity (Wildman–Crippen MR) is 77.1 cm³/mol. The summed E-state index contributed by atoms with van der Waals surface area (Å²) in [6.07, 6.45) is 1.96. The smallest absolute Gasteiger partial charge is 0.276 e. The third-order valence-electron chi connectivity index (χ3n) is 3.67. The van der Waals surface area contributed by atoms with Crippen LogP contribution in [0.25, 0.3) is 0 Å². The van der Waals surface area contributed by atoms with E-state index in [1.165, 1.54) is 12.1 Å². The van der Waals surface area contributed by atoms with E-state index in [1.54, 1.807) is 7.05 Å². The quantitative estimate of drug-likeness (QED) is 0.635. The van der Waals surface area contributed by atoms with Crippen LogP contribution in [0.2, 0.25) is 0 Å². The van der Waals surface area contributed by atoms with Crippen LogP contribution in [0.4, 0.5) is 17.3 Å². The van der Waals surface area contributed by atoms with Crippen LogP contribution in [0, 0.1) is 15.5 Å². The number of pyridine rings is 1. The molecule has 1 aromatic heterocycles. The van der Waals surface area contributed by atoms with E-state index in [0.29, 0.717) is 11.6 Å². The van der Waals surface area contributed by atoms with Crippen molar-refractivity contribution >= 4 is 17.3 Å². The molecule has 0 aliphatic carbocycles. The molecule has 0 atom stereocenters. The van der Waals surface area contributed by atoms with Gasteiger partial charge in [-0.2, -0.15) is 0 Å². The minimum Gasteiger partial charge on any atom is -0.381 e. The average Bonchev–Trinajstić information content (AvgIpc) is 2.45. The molecule has 110 valence electrons. The van der Waals surface area contributed by atoms with E-state index >= 15 is 0 Å². The van der Waals surface area contributed by atoms with Gasteiger partial charge in [0.25, 0.3) is 5.69 Å². The lowest BCUT2D eigenvalue weighted by Gasteiger charge is -2.33. The topological polar surface area (TPSA) is 89.3 Å². The Bertz CT molecular complexity index is 487. The molecule has 1 aromatic rings. The lowest BCUT2D eigenvalue weighted by atomic mass is 9.82. The van der Waals surface area contributed by atoms with Gasteiger partial charge in [0.15, 0.2) is 0 Å². The predicted octanol–water partition coefficient (Wildman–Crippen LogP) is 2.26. The monoisotopic (exact) mass is 280 g/mol. The summed E-state index contributed by atoms with van der Waals surface area (Å²) in [5, 5.41) is 16.9. The Kier molecular flexibility index (Phi) is 4.39. The van der Waals surface area contributed by atoms with Gasteiger partial charge in [-0.1, -0.05) is 6.92 Å². The lowest BCUT2D eigenvalue weighted by Crippen LogP contribution is -2.33. The number of anilines is 2. The van der Waals surface area contributed by atoms with Crippen LogP contribution in [-0.4, -0.2) is 36.7 Å². The fourth-order valence-electron chi connectivity index (χ4n) is 2.19. The number of rotatable bonds is 5. The third-order valence-corrected chi connectivity index (χ3v) is 3.67. The first kappa shape index (κ1) is 14.5. The number of nitro groups is 1. The van der Waals surface area contributed by atoms with Gasteiger partial charge in [-0.3, -0.25) is 10.1 Å². The van der Waals surface area contributed by atoms with Gasteiger partial charge in [-0.25, -0.2) is 4.98 Å². The Morgan fingerprint density at radius 3 is 2.65 bits per heavy atom. The molecule has 1 fully saturated rings. The molecule has 0 saturated carbocycles. The Labute approximate surface area is 117 Å². The van der Waals surface area contributed by atoms with Crippen molar-refractivity contribution in [2.45, 2.75) is 19.8 Å². The van der Waals surface area contributed by atoms with Crippen LogP contribution < -0.4 is 10.6 Å². The van der Waals surface area contributed by atoms with Gasteiger partial charge in [0.05, 0.1) is 17.1 Å². The SMILES string of the molecule is CNc1cc([N+](=O)[O-])cc(NCC2(C)CCOCC2)n1. The first-order valence-corrected chi connectivity index (χ1v) is 6.68. The number of hydrogen-bond donors (Lipinski definition) is 2. The molecule has 0 bridgehead atoms. The summed E-state index contributed by atoms with van der Waals surface area (Å²) in [5.74, 6) is 1.01. The Morgan fingerprint density at radius 2 is 2.05 bits per heavy atom. The number of nitrogens with one attached hydrogen (secondary N) is 2. The highest BCUT2D eigenvalue weighted by Gasteiger charge is 2.27. The second-order valence-electron chi connectivity index (χ2n) is 5.38. The minimum atomic E-state index is -0.413. The van der Waals surface area contributed by atoms with Crippen molar-refractivity contribution in [2.75, 3.05) is 37.4 Å². The summed E-state index contributed by atoms with van der Waals surface area (Å²) in [6.45, 7) is 4.46. The zero-order valence-corrected chi connectivity index (χ0v) is 11.8. The molecule has 1 saturated heterocycles. The van der Waals surface area contributed by atoms with E-state index in [9.17, 15) is 10.1 Å². The van der Waals surface area contributed by atoms with Crippen LogP contribution in [0.5, 0.6) is 0 Å². The van der Waals surface area contributed by atoms with Crippen molar-refractivity contribution < 1.29 is 9.66 Å². The van der Waals surface area contributed by atoms with E-state index in [4.69, 9.17) is 4.74 Å². The first-order chi connectivity index (χ1) is 9.52. The molecule has 0 unspecified atom stereocenters. The largest absolute Gasteiger partial charge is 0.381 e. The first-order valence-electron chi connectivity index (χ1n) is 6.68. The zero-order valence-electron chi connectivity index (χ0n) is 11.8. The van der Waals surface area contributed by atoms with E-state index in [1.807, 2.05) is 0 Å². The van der Waals surface area contributed by atoms with Gasteiger partial charge in [0, 0.05) is 26.8 Å². The third kappa shape index (κ3) is 3.57. The van der Waals surface area contributed by atoms with Crippen molar-refractivity contribution in [3.63, 3.8) is 0 Å². The molecular formula is C13H20N4O3. The van der Waals surface area contributed by atoms with Crippen LogP contribution in [-0.2, 0) is 4.74 Å². The van der Waals surface area contributed by atoms with Gasteiger partial charge < -0.3 is 15.4 Å². The fourth-order valence-corrected chi connectivity index (χ4v) is 2.19. The standard InChI is InChI=1S/C13H20N4O3/c1-13(3-5-20-6-4-13)9-15-12-8-10(17(18)19)7-11(14-2)16-12/h7-8H,3-6,9H2,1-2H3,(H2,14,15,16). The summed E-state index contributed by atoms with van der Waals surface area (Å²) >= 11 is 0. The summed E-state index contributed by atoms with van der Waals surface area (Å²) in [4.78, 5) is 14.8. The number of nitrogens with zero attached hydrogens (tertiary/aromatic N) is 2. The summed E-state index contributed by atoms with van der Waals surface area (Å²) < 4.78 is 5.36. The van der Waals surface area contributed by atoms with Crippen LogP contribution in [0.3, 0.4) is 0 Å². The molecular weight excluding hydrogens is 260 g/mol. The van der Waals surface area contributed by atoms with Crippen molar-refractivity contribution in [1.29, 1.82) is 0 Å².